The number of hydrogen-bond acceptors (Lipinski definition) is 5. The Morgan fingerprint density at radius 3 is 2.84 bits per heavy atom. The molecule has 2 aromatic heterocycles. The minimum atomic E-state index is -0.0193. The quantitative estimate of drug-likeness (QED) is 0.739. The number of imidazole rings is 1. The van der Waals surface area contributed by atoms with E-state index in [2.05, 4.69) is 15.0 Å². The number of benzene rings is 1. The lowest BCUT2D eigenvalue weighted by molar-refractivity contribution is 0.271. The highest BCUT2D eigenvalue weighted by molar-refractivity contribution is 7.99. The summed E-state index contributed by atoms with van der Waals surface area (Å²) in [6, 6.07) is 7.87. The highest BCUT2D eigenvalue weighted by Gasteiger charge is 2.10. The van der Waals surface area contributed by atoms with Crippen LogP contribution in [0.5, 0.6) is 0 Å². The molecule has 0 aliphatic rings. The fourth-order valence-electron chi connectivity index (χ4n) is 1.82. The van der Waals surface area contributed by atoms with Crippen LogP contribution in [0.2, 0.25) is 0 Å². The second-order valence-corrected chi connectivity index (χ2v) is 5.00. The molecule has 2 heterocycles. The van der Waals surface area contributed by atoms with Crippen LogP contribution in [0.15, 0.2) is 47.0 Å². The molecular formula is C13H12N4OS. The molecule has 3 aromatic rings. The average molecular weight is 272 g/mol. The molecule has 1 aromatic carbocycles. The van der Waals surface area contributed by atoms with Gasteiger partial charge < -0.3 is 9.67 Å². The Morgan fingerprint density at radius 1 is 1.21 bits per heavy atom. The summed E-state index contributed by atoms with van der Waals surface area (Å²) in [5.41, 5.74) is 1.69. The molecule has 0 amide bonds. The summed E-state index contributed by atoms with van der Waals surface area (Å²) in [6.07, 6.45) is 3.23. The number of hydrogen-bond donors (Lipinski definition) is 1. The molecule has 0 spiro atoms. The summed E-state index contributed by atoms with van der Waals surface area (Å²) in [5.74, 6) is 0. The first kappa shape index (κ1) is 12.1. The molecule has 3 rings (SSSR count). The summed E-state index contributed by atoms with van der Waals surface area (Å²) in [6.45, 7) is -0.0193. The van der Waals surface area contributed by atoms with Crippen molar-refractivity contribution in [2.45, 2.75) is 16.8 Å². The number of para-hydroxylation sites is 1. The van der Waals surface area contributed by atoms with Crippen LogP contribution in [0, 0.1) is 0 Å². The molecule has 1 N–H and O–H groups in total. The third-order valence-electron chi connectivity index (χ3n) is 2.90. The Labute approximate surface area is 114 Å². The molecule has 0 saturated heterocycles. The van der Waals surface area contributed by atoms with Gasteiger partial charge in [-0.25, -0.2) is 15.0 Å². The molecule has 0 unspecified atom stereocenters. The van der Waals surface area contributed by atoms with E-state index in [4.69, 9.17) is 0 Å². The third kappa shape index (κ3) is 2.20. The second kappa shape index (κ2) is 4.99. The van der Waals surface area contributed by atoms with Crippen LogP contribution in [-0.2, 0) is 13.7 Å². The van der Waals surface area contributed by atoms with Crippen LogP contribution >= 0.6 is 11.8 Å². The van der Waals surface area contributed by atoms with Crippen LogP contribution in [0.25, 0.3) is 10.9 Å². The van der Waals surface area contributed by atoms with Crippen LogP contribution in [0.4, 0.5) is 0 Å². The Balaban J connectivity index is 2.03. The van der Waals surface area contributed by atoms with E-state index in [1.807, 2.05) is 35.9 Å². The van der Waals surface area contributed by atoms with Gasteiger partial charge in [0.2, 0.25) is 0 Å². The van der Waals surface area contributed by atoms with Gasteiger partial charge >= 0.3 is 0 Å². The van der Waals surface area contributed by atoms with Gasteiger partial charge in [0, 0.05) is 12.4 Å². The van der Waals surface area contributed by atoms with E-state index >= 15 is 0 Å². The SMILES string of the molecule is Cn1c(CO)cnc1Sc1ncnc2ccccc12. The van der Waals surface area contributed by atoms with E-state index in [1.165, 1.54) is 11.8 Å². The molecule has 0 aliphatic heterocycles. The Morgan fingerprint density at radius 2 is 2.05 bits per heavy atom. The Kier molecular flexibility index (Phi) is 3.18. The van der Waals surface area contributed by atoms with Gasteiger partial charge in [0.15, 0.2) is 5.16 Å². The molecule has 0 saturated carbocycles. The lowest BCUT2D eigenvalue weighted by atomic mass is 10.2. The molecule has 96 valence electrons. The largest absolute Gasteiger partial charge is 0.390 e. The van der Waals surface area contributed by atoms with Gasteiger partial charge in [-0.1, -0.05) is 18.2 Å². The molecule has 0 fully saturated rings. The average Bonchev–Trinajstić information content (AvgIpc) is 2.80. The zero-order valence-corrected chi connectivity index (χ0v) is 11.1. The normalized spacial score (nSPS) is 11.1. The van der Waals surface area contributed by atoms with Gasteiger partial charge in [-0.15, -0.1) is 0 Å². The highest BCUT2D eigenvalue weighted by atomic mass is 32.2. The molecule has 5 nitrogen and oxygen atoms in total. The summed E-state index contributed by atoms with van der Waals surface area (Å²) >= 11 is 1.47. The number of aliphatic hydroxyl groups excluding tert-OH is 1. The molecule has 19 heavy (non-hydrogen) atoms. The van der Waals surface area contributed by atoms with Crippen LogP contribution in [0.1, 0.15) is 5.69 Å². The van der Waals surface area contributed by atoms with E-state index in [0.29, 0.717) is 0 Å². The first-order valence-electron chi connectivity index (χ1n) is 5.78. The van der Waals surface area contributed by atoms with E-state index < -0.39 is 0 Å². The number of aliphatic hydroxyl groups is 1. The van der Waals surface area contributed by atoms with Crippen molar-refractivity contribution in [2.75, 3.05) is 0 Å². The van der Waals surface area contributed by atoms with Crippen molar-refractivity contribution < 1.29 is 5.11 Å². The van der Waals surface area contributed by atoms with Gasteiger partial charge in [0.1, 0.15) is 11.4 Å². The van der Waals surface area contributed by atoms with Gasteiger partial charge in [0.25, 0.3) is 0 Å². The van der Waals surface area contributed by atoms with Crippen molar-refractivity contribution in [1.29, 1.82) is 0 Å². The zero-order chi connectivity index (χ0) is 13.2. The fourth-order valence-corrected chi connectivity index (χ4v) is 2.73. The molecule has 0 atom stereocenters. The lowest BCUT2D eigenvalue weighted by Gasteiger charge is -2.05. The number of rotatable bonds is 3. The zero-order valence-electron chi connectivity index (χ0n) is 10.3. The van der Waals surface area contributed by atoms with Gasteiger partial charge in [-0.3, -0.25) is 0 Å². The lowest BCUT2D eigenvalue weighted by Crippen LogP contribution is -1.97. The van der Waals surface area contributed by atoms with Gasteiger partial charge in [-0.05, 0) is 17.8 Å². The predicted molar refractivity (Wildman–Crippen MR) is 72.8 cm³/mol. The number of aromatic nitrogens is 4. The van der Waals surface area contributed by atoms with Crippen LogP contribution in [-0.4, -0.2) is 24.6 Å². The molecule has 0 aliphatic carbocycles. The maximum atomic E-state index is 9.17. The maximum Gasteiger partial charge on any atom is 0.174 e. The Hall–Kier alpha value is -1.92. The van der Waals surface area contributed by atoms with Crippen molar-refractivity contribution >= 4 is 22.7 Å². The van der Waals surface area contributed by atoms with Crippen LogP contribution < -0.4 is 0 Å². The monoisotopic (exact) mass is 272 g/mol. The standard InChI is InChI=1S/C13H12N4OS/c1-17-9(7-18)6-14-13(17)19-12-10-4-2-3-5-11(10)15-8-16-12/h2-6,8,18H,7H2,1H3. The fraction of sp³-hybridized carbons (Fsp3) is 0.154. The summed E-state index contributed by atoms with van der Waals surface area (Å²) < 4.78 is 1.86. The van der Waals surface area contributed by atoms with Gasteiger partial charge in [-0.2, -0.15) is 0 Å². The van der Waals surface area contributed by atoms with Crippen molar-refractivity contribution in [3.05, 3.63) is 42.5 Å². The summed E-state index contributed by atoms with van der Waals surface area (Å²) in [4.78, 5) is 12.8. The maximum absolute atomic E-state index is 9.17. The number of fused-ring (bicyclic) bond motifs is 1. The second-order valence-electron chi connectivity index (χ2n) is 4.05. The van der Waals surface area contributed by atoms with E-state index in [-0.39, 0.29) is 6.61 Å². The van der Waals surface area contributed by atoms with E-state index in [0.717, 1.165) is 26.8 Å². The topological polar surface area (TPSA) is 63.8 Å². The van der Waals surface area contributed by atoms with Gasteiger partial charge in [0.05, 0.1) is 24.0 Å². The molecule has 0 bridgehead atoms. The molecule has 0 radical (unpaired) electrons. The smallest absolute Gasteiger partial charge is 0.174 e. The molecular weight excluding hydrogens is 260 g/mol. The Bertz CT molecular complexity index is 720. The van der Waals surface area contributed by atoms with Crippen molar-refractivity contribution in [3.63, 3.8) is 0 Å². The van der Waals surface area contributed by atoms with E-state index in [9.17, 15) is 5.11 Å². The summed E-state index contributed by atoms with van der Waals surface area (Å²) in [7, 11) is 1.88. The van der Waals surface area contributed by atoms with E-state index in [1.54, 1.807) is 12.5 Å². The van der Waals surface area contributed by atoms with Crippen molar-refractivity contribution in [2.24, 2.45) is 7.05 Å². The first-order valence-corrected chi connectivity index (χ1v) is 6.60. The highest BCUT2D eigenvalue weighted by Crippen LogP contribution is 2.30. The van der Waals surface area contributed by atoms with Crippen LogP contribution in [0.3, 0.4) is 0 Å². The third-order valence-corrected chi connectivity index (χ3v) is 3.98. The van der Waals surface area contributed by atoms with Crippen molar-refractivity contribution in [3.8, 4) is 0 Å². The van der Waals surface area contributed by atoms with Crippen molar-refractivity contribution in [1.82, 2.24) is 19.5 Å². The first-order chi connectivity index (χ1) is 9.29. The molecule has 6 heteroatoms. The summed E-state index contributed by atoms with van der Waals surface area (Å²) in [5, 5.41) is 11.8. The minimum Gasteiger partial charge on any atom is -0.390 e. The minimum absolute atomic E-state index is 0.0193. The number of nitrogens with zero attached hydrogens (tertiary/aromatic N) is 4. The predicted octanol–water partition coefficient (Wildman–Crippen LogP) is 2.01.